The molecule has 2 fully saturated rings. The summed E-state index contributed by atoms with van der Waals surface area (Å²) in [6.45, 7) is 2.99. The first-order chi connectivity index (χ1) is 7.18. The van der Waals surface area contributed by atoms with E-state index in [-0.39, 0.29) is 11.5 Å². The highest BCUT2D eigenvalue weighted by Gasteiger charge is 2.44. The summed E-state index contributed by atoms with van der Waals surface area (Å²) < 4.78 is 0. The van der Waals surface area contributed by atoms with Gasteiger partial charge in [-0.15, -0.1) is 0 Å². The van der Waals surface area contributed by atoms with Gasteiger partial charge in [-0.1, -0.05) is 26.2 Å². The molecule has 0 aliphatic heterocycles. The molecule has 0 amide bonds. The van der Waals surface area contributed by atoms with Crippen molar-refractivity contribution in [2.45, 2.75) is 58.0 Å². The van der Waals surface area contributed by atoms with E-state index in [1.165, 1.54) is 32.1 Å². The van der Waals surface area contributed by atoms with Crippen molar-refractivity contribution in [2.75, 3.05) is 6.54 Å². The van der Waals surface area contributed by atoms with Gasteiger partial charge in [-0.25, -0.2) is 0 Å². The van der Waals surface area contributed by atoms with Crippen LogP contribution in [-0.2, 0) is 0 Å². The number of rotatable bonds is 3. The summed E-state index contributed by atoms with van der Waals surface area (Å²) >= 11 is 0. The zero-order valence-corrected chi connectivity index (χ0v) is 9.91. The Hall–Kier alpha value is -0.0800. The number of nitrogens with two attached hydrogens (primary N) is 1. The second kappa shape index (κ2) is 4.42. The molecule has 0 aromatic heterocycles. The van der Waals surface area contributed by atoms with E-state index in [2.05, 4.69) is 6.92 Å². The van der Waals surface area contributed by atoms with E-state index in [4.69, 9.17) is 5.73 Å². The molecular weight excluding hydrogens is 186 g/mol. The lowest BCUT2D eigenvalue weighted by atomic mass is 9.62. The van der Waals surface area contributed by atoms with Gasteiger partial charge in [0.15, 0.2) is 0 Å². The molecule has 2 heteroatoms. The maximum atomic E-state index is 10.5. The first kappa shape index (κ1) is 11.4. The highest BCUT2D eigenvalue weighted by atomic mass is 16.3. The third kappa shape index (κ3) is 2.07. The number of aliphatic hydroxyl groups excluding tert-OH is 1. The topological polar surface area (TPSA) is 46.2 Å². The van der Waals surface area contributed by atoms with Crippen molar-refractivity contribution in [3.63, 3.8) is 0 Å². The summed E-state index contributed by atoms with van der Waals surface area (Å²) in [5.41, 5.74) is 6.01. The molecule has 0 bridgehead atoms. The van der Waals surface area contributed by atoms with Crippen LogP contribution in [0.15, 0.2) is 0 Å². The minimum absolute atomic E-state index is 0.0671. The fourth-order valence-corrected chi connectivity index (χ4v) is 3.21. The van der Waals surface area contributed by atoms with Crippen molar-refractivity contribution < 1.29 is 5.11 Å². The van der Waals surface area contributed by atoms with Gasteiger partial charge in [0.05, 0.1) is 6.10 Å². The van der Waals surface area contributed by atoms with Crippen LogP contribution in [0.4, 0.5) is 0 Å². The maximum absolute atomic E-state index is 10.5. The standard InChI is InChI=1S/C13H25NO/c1-10-5-7-13(9-14,8-6-10)12(15)11-3-2-4-11/h10-12,15H,2-9,14H2,1H3. The van der Waals surface area contributed by atoms with Crippen molar-refractivity contribution in [1.82, 2.24) is 0 Å². The maximum Gasteiger partial charge on any atom is 0.0636 e. The quantitative estimate of drug-likeness (QED) is 0.752. The fraction of sp³-hybridized carbons (Fsp3) is 1.00. The van der Waals surface area contributed by atoms with Crippen LogP contribution in [-0.4, -0.2) is 17.8 Å². The summed E-state index contributed by atoms with van der Waals surface area (Å²) in [5.74, 6) is 1.39. The van der Waals surface area contributed by atoms with Gasteiger partial charge in [-0.2, -0.15) is 0 Å². The number of hydrogen-bond donors (Lipinski definition) is 2. The lowest BCUT2D eigenvalue weighted by molar-refractivity contribution is -0.0643. The average molecular weight is 211 g/mol. The minimum atomic E-state index is -0.122. The highest BCUT2D eigenvalue weighted by molar-refractivity contribution is 4.96. The number of aliphatic hydroxyl groups is 1. The van der Waals surface area contributed by atoms with Crippen molar-refractivity contribution >= 4 is 0 Å². The molecule has 0 aromatic rings. The summed E-state index contributed by atoms with van der Waals surface area (Å²) in [6.07, 6.45) is 8.41. The Bertz CT molecular complexity index is 205. The van der Waals surface area contributed by atoms with E-state index < -0.39 is 0 Å². The molecule has 15 heavy (non-hydrogen) atoms. The van der Waals surface area contributed by atoms with Crippen LogP contribution in [0, 0.1) is 17.3 Å². The van der Waals surface area contributed by atoms with Gasteiger partial charge in [-0.05, 0) is 37.5 Å². The van der Waals surface area contributed by atoms with Gasteiger partial charge < -0.3 is 10.8 Å². The molecular formula is C13H25NO. The minimum Gasteiger partial charge on any atom is -0.392 e. The molecule has 0 heterocycles. The Kier molecular flexibility index (Phi) is 3.36. The zero-order chi connectivity index (χ0) is 10.9. The van der Waals surface area contributed by atoms with E-state index >= 15 is 0 Å². The van der Waals surface area contributed by atoms with Gasteiger partial charge in [0.2, 0.25) is 0 Å². The third-order valence-electron chi connectivity index (χ3n) is 4.90. The van der Waals surface area contributed by atoms with Gasteiger partial charge in [0.25, 0.3) is 0 Å². The Morgan fingerprint density at radius 2 is 1.87 bits per heavy atom. The molecule has 2 aliphatic rings. The Balaban J connectivity index is 2.00. The third-order valence-corrected chi connectivity index (χ3v) is 4.90. The molecule has 2 aliphatic carbocycles. The molecule has 88 valence electrons. The van der Waals surface area contributed by atoms with E-state index in [0.717, 1.165) is 18.8 Å². The van der Waals surface area contributed by atoms with Crippen molar-refractivity contribution in [3.05, 3.63) is 0 Å². The number of hydrogen-bond acceptors (Lipinski definition) is 2. The van der Waals surface area contributed by atoms with Crippen LogP contribution >= 0.6 is 0 Å². The van der Waals surface area contributed by atoms with E-state index in [9.17, 15) is 5.11 Å². The summed E-state index contributed by atoms with van der Waals surface area (Å²) in [7, 11) is 0. The monoisotopic (exact) mass is 211 g/mol. The molecule has 0 saturated heterocycles. The Labute approximate surface area is 93.2 Å². The van der Waals surface area contributed by atoms with Crippen molar-refractivity contribution in [2.24, 2.45) is 23.0 Å². The Morgan fingerprint density at radius 1 is 1.27 bits per heavy atom. The van der Waals surface area contributed by atoms with E-state index in [1.54, 1.807) is 0 Å². The predicted octanol–water partition coefficient (Wildman–Crippen LogP) is 2.30. The van der Waals surface area contributed by atoms with Crippen LogP contribution in [0.3, 0.4) is 0 Å². The second-order valence-corrected chi connectivity index (χ2v) is 5.88. The lowest BCUT2D eigenvalue weighted by Crippen LogP contribution is -2.49. The van der Waals surface area contributed by atoms with Gasteiger partial charge in [-0.3, -0.25) is 0 Å². The van der Waals surface area contributed by atoms with Crippen LogP contribution in [0.2, 0.25) is 0 Å². The average Bonchev–Trinajstić information content (AvgIpc) is 2.17. The fourth-order valence-electron chi connectivity index (χ4n) is 3.21. The zero-order valence-electron chi connectivity index (χ0n) is 9.91. The molecule has 0 spiro atoms. The molecule has 0 aromatic carbocycles. The summed E-state index contributed by atoms with van der Waals surface area (Å²) in [6, 6.07) is 0. The molecule has 0 radical (unpaired) electrons. The van der Waals surface area contributed by atoms with Crippen LogP contribution in [0.25, 0.3) is 0 Å². The summed E-state index contributed by atoms with van der Waals surface area (Å²) in [4.78, 5) is 0. The SMILES string of the molecule is CC1CCC(CN)(C(O)C2CCC2)CC1. The van der Waals surface area contributed by atoms with E-state index in [1.807, 2.05) is 0 Å². The smallest absolute Gasteiger partial charge is 0.0636 e. The molecule has 2 rings (SSSR count). The summed E-state index contributed by atoms with van der Waals surface area (Å²) in [5, 5.41) is 10.5. The molecule has 2 saturated carbocycles. The van der Waals surface area contributed by atoms with Crippen molar-refractivity contribution in [3.8, 4) is 0 Å². The first-order valence-corrected chi connectivity index (χ1v) is 6.56. The van der Waals surface area contributed by atoms with Gasteiger partial charge in [0, 0.05) is 12.0 Å². The largest absolute Gasteiger partial charge is 0.392 e. The molecule has 2 nitrogen and oxygen atoms in total. The molecule has 1 unspecified atom stereocenters. The van der Waals surface area contributed by atoms with E-state index in [0.29, 0.717) is 12.5 Å². The van der Waals surface area contributed by atoms with Gasteiger partial charge >= 0.3 is 0 Å². The highest BCUT2D eigenvalue weighted by Crippen LogP contribution is 2.46. The molecule has 3 N–H and O–H groups in total. The first-order valence-electron chi connectivity index (χ1n) is 6.56. The Morgan fingerprint density at radius 3 is 2.27 bits per heavy atom. The lowest BCUT2D eigenvalue weighted by Gasteiger charge is -2.47. The predicted molar refractivity (Wildman–Crippen MR) is 62.5 cm³/mol. The normalized spacial score (nSPS) is 39.8. The second-order valence-electron chi connectivity index (χ2n) is 5.88. The van der Waals surface area contributed by atoms with Crippen LogP contribution in [0.1, 0.15) is 51.9 Å². The van der Waals surface area contributed by atoms with Gasteiger partial charge in [0.1, 0.15) is 0 Å². The van der Waals surface area contributed by atoms with Crippen molar-refractivity contribution in [1.29, 1.82) is 0 Å². The van der Waals surface area contributed by atoms with Crippen LogP contribution < -0.4 is 5.73 Å². The molecule has 1 atom stereocenters. The van der Waals surface area contributed by atoms with Crippen LogP contribution in [0.5, 0.6) is 0 Å².